The Labute approximate surface area is 179 Å². The summed E-state index contributed by atoms with van der Waals surface area (Å²) in [6.07, 6.45) is 0. The van der Waals surface area contributed by atoms with E-state index in [1.54, 1.807) is 0 Å². The standard InChI is InChI=1S/C18H13F5N2O5S2/c1-8-4-5-9-11(31(26,27)25(2)3)7-6-10(17(9)24-8)30-32(28,29)18-15(22)13(20)12(19)14(21)16(18)23/h4-7H,1-3H3. The number of hydrogen-bond donors (Lipinski definition) is 0. The average Bonchev–Trinajstić information content (AvgIpc) is 2.70. The number of aryl methyl sites for hydroxylation is 1. The van der Waals surface area contributed by atoms with Crippen LogP contribution in [0.2, 0.25) is 0 Å². The van der Waals surface area contributed by atoms with Crippen molar-refractivity contribution in [1.29, 1.82) is 0 Å². The van der Waals surface area contributed by atoms with Gasteiger partial charge in [-0.2, -0.15) is 8.42 Å². The SMILES string of the molecule is Cc1ccc2c(S(=O)(=O)N(C)C)ccc(OS(=O)(=O)c3c(F)c(F)c(F)c(F)c3F)c2n1. The highest BCUT2D eigenvalue weighted by molar-refractivity contribution is 7.89. The van der Waals surface area contributed by atoms with E-state index in [1.807, 2.05) is 0 Å². The predicted molar refractivity (Wildman–Crippen MR) is 101 cm³/mol. The van der Waals surface area contributed by atoms with Crippen molar-refractivity contribution in [3.8, 4) is 5.75 Å². The first kappa shape index (κ1) is 23.8. The number of aromatic nitrogens is 1. The van der Waals surface area contributed by atoms with E-state index in [9.17, 15) is 38.8 Å². The maximum Gasteiger partial charge on any atom is 0.345 e. The molecule has 0 fully saturated rings. The molecule has 0 aliphatic rings. The summed E-state index contributed by atoms with van der Waals surface area (Å²) >= 11 is 0. The Kier molecular flexibility index (Phi) is 5.91. The van der Waals surface area contributed by atoms with Crippen molar-refractivity contribution in [3.63, 3.8) is 0 Å². The number of rotatable bonds is 5. The number of halogens is 5. The summed E-state index contributed by atoms with van der Waals surface area (Å²) in [4.78, 5) is 1.53. The van der Waals surface area contributed by atoms with Crippen LogP contribution in [0, 0.1) is 36.0 Å². The average molecular weight is 496 g/mol. The van der Waals surface area contributed by atoms with Crippen molar-refractivity contribution in [2.45, 2.75) is 16.7 Å². The van der Waals surface area contributed by atoms with Gasteiger partial charge in [-0.3, -0.25) is 0 Å². The first-order valence-corrected chi connectivity index (χ1v) is 11.3. The lowest BCUT2D eigenvalue weighted by Gasteiger charge is -2.16. The molecule has 32 heavy (non-hydrogen) atoms. The van der Waals surface area contributed by atoms with Gasteiger partial charge in [0.05, 0.1) is 4.90 Å². The third-order valence-corrected chi connectivity index (χ3v) is 7.43. The van der Waals surface area contributed by atoms with Gasteiger partial charge in [0, 0.05) is 25.2 Å². The molecule has 0 N–H and O–H groups in total. The second kappa shape index (κ2) is 7.94. The van der Waals surface area contributed by atoms with Crippen molar-refractivity contribution in [2.24, 2.45) is 0 Å². The van der Waals surface area contributed by atoms with Crippen LogP contribution in [-0.2, 0) is 20.1 Å². The van der Waals surface area contributed by atoms with E-state index in [1.165, 1.54) is 33.2 Å². The van der Waals surface area contributed by atoms with Crippen LogP contribution in [0.15, 0.2) is 34.1 Å². The number of fused-ring (bicyclic) bond motifs is 1. The topological polar surface area (TPSA) is 93.6 Å². The Balaban J connectivity index is 2.27. The highest BCUT2D eigenvalue weighted by Gasteiger charge is 2.35. The maximum atomic E-state index is 14.0. The summed E-state index contributed by atoms with van der Waals surface area (Å²) in [6.45, 7) is 1.48. The van der Waals surface area contributed by atoms with Crippen LogP contribution in [0.3, 0.4) is 0 Å². The second-order valence-electron chi connectivity index (χ2n) is 6.63. The fraction of sp³-hybridized carbons (Fsp3) is 0.167. The summed E-state index contributed by atoms with van der Waals surface area (Å²) in [5.41, 5.74) is -0.0456. The van der Waals surface area contributed by atoms with Gasteiger partial charge >= 0.3 is 10.1 Å². The van der Waals surface area contributed by atoms with Gasteiger partial charge in [-0.25, -0.2) is 39.7 Å². The zero-order valence-electron chi connectivity index (χ0n) is 16.5. The van der Waals surface area contributed by atoms with Crippen molar-refractivity contribution >= 4 is 31.0 Å². The smallest absolute Gasteiger partial charge is 0.345 e. The molecule has 3 rings (SSSR count). The summed E-state index contributed by atoms with van der Waals surface area (Å²) in [6, 6.07) is 4.51. The van der Waals surface area contributed by atoms with Gasteiger partial charge in [-0.15, -0.1) is 0 Å². The second-order valence-corrected chi connectivity index (χ2v) is 10.2. The van der Waals surface area contributed by atoms with Crippen LogP contribution in [0.5, 0.6) is 5.75 Å². The Hall–Kier alpha value is -2.84. The van der Waals surface area contributed by atoms with Crippen molar-refractivity contribution in [2.75, 3.05) is 14.1 Å². The van der Waals surface area contributed by atoms with Crippen LogP contribution >= 0.6 is 0 Å². The van der Waals surface area contributed by atoms with Crippen LogP contribution < -0.4 is 4.18 Å². The third-order valence-electron chi connectivity index (χ3n) is 4.30. The molecule has 3 aromatic rings. The van der Waals surface area contributed by atoms with Crippen molar-refractivity contribution < 1.29 is 43.0 Å². The van der Waals surface area contributed by atoms with Gasteiger partial charge in [0.2, 0.25) is 15.8 Å². The van der Waals surface area contributed by atoms with Crippen LogP contribution in [-0.4, -0.2) is 40.2 Å². The quantitative estimate of drug-likeness (QED) is 0.233. The summed E-state index contributed by atoms with van der Waals surface area (Å²) in [5.74, 6) is -13.4. The lowest BCUT2D eigenvalue weighted by Crippen LogP contribution is -2.22. The zero-order valence-corrected chi connectivity index (χ0v) is 18.1. The molecule has 0 saturated heterocycles. The molecule has 14 heteroatoms. The minimum Gasteiger partial charge on any atom is -0.376 e. The van der Waals surface area contributed by atoms with E-state index in [4.69, 9.17) is 0 Å². The predicted octanol–water partition coefficient (Wildman–Crippen LogP) is 3.26. The van der Waals surface area contributed by atoms with Gasteiger partial charge in [0.25, 0.3) is 0 Å². The molecule has 0 radical (unpaired) electrons. The van der Waals surface area contributed by atoms with Crippen LogP contribution in [0.4, 0.5) is 22.0 Å². The van der Waals surface area contributed by atoms with Gasteiger partial charge in [0.1, 0.15) is 5.52 Å². The molecule has 1 aromatic heterocycles. The molecule has 2 aromatic carbocycles. The highest BCUT2D eigenvalue weighted by atomic mass is 32.2. The molecule has 0 atom stereocenters. The van der Waals surface area contributed by atoms with Gasteiger partial charge < -0.3 is 4.18 Å². The Morgan fingerprint density at radius 3 is 1.88 bits per heavy atom. The molecule has 7 nitrogen and oxygen atoms in total. The molecule has 0 aliphatic heterocycles. The molecule has 0 amide bonds. The number of benzene rings is 2. The molecule has 0 unspecified atom stereocenters. The minimum absolute atomic E-state index is 0.102. The third kappa shape index (κ3) is 3.78. The summed E-state index contributed by atoms with van der Waals surface area (Å²) < 4.78 is 124. The summed E-state index contributed by atoms with van der Waals surface area (Å²) in [5, 5.41) is -0.102. The number of nitrogens with zero attached hydrogens (tertiary/aromatic N) is 2. The molecule has 172 valence electrons. The van der Waals surface area contributed by atoms with E-state index in [2.05, 4.69) is 9.17 Å². The zero-order chi connectivity index (χ0) is 24.2. The number of sulfonamides is 1. The molecular formula is C18H13F5N2O5S2. The Morgan fingerprint density at radius 2 is 1.34 bits per heavy atom. The van der Waals surface area contributed by atoms with E-state index in [-0.39, 0.29) is 21.5 Å². The lowest BCUT2D eigenvalue weighted by molar-refractivity contribution is 0.353. The molecule has 0 spiro atoms. The normalized spacial score (nSPS) is 12.5. The fourth-order valence-electron chi connectivity index (χ4n) is 2.72. The van der Waals surface area contributed by atoms with Gasteiger partial charge in [-0.05, 0) is 31.2 Å². The molecule has 0 bridgehead atoms. The monoisotopic (exact) mass is 496 g/mol. The molecular weight excluding hydrogens is 483 g/mol. The molecule has 0 aliphatic carbocycles. The number of pyridine rings is 1. The highest BCUT2D eigenvalue weighted by Crippen LogP contribution is 2.34. The Bertz CT molecular complexity index is 1450. The van der Waals surface area contributed by atoms with Crippen molar-refractivity contribution in [1.82, 2.24) is 9.29 Å². The molecule has 0 saturated carbocycles. The van der Waals surface area contributed by atoms with E-state index in [0.29, 0.717) is 0 Å². The first-order chi connectivity index (χ1) is 14.7. The first-order valence-electron chi connectivity index (χ1n) is 8.49. The van der Waals surface area contributed by atoms with E-state index >= 15 is 0 Å². The molecule has 1 heterocycles. The minimum atomic E-state index is -5.60. The number of hydrogen-bond acceptors (Lipinski definition) is 6. The van der Waals surface area contributed by atoms with Gasteiger partial charge in [-0.1, -0.05) is 0 Å². The maximum absolute atomic E-state index is 14.0. The van der Waals surface area contributed by atoms with E-state index in [0.717, 1.165) is 16.4 Å². The van der Waals surface area contributed by atoms with Crippen LogP contribution in [0.25, 0.3) is 10.9 Å². The lowest BCUT2D eigenvalue weighted by atomic mass is 10.2. The van der Waals surface area contributed by atoms with Crippen molar-refractivity contribution in [3.05, 3.63) is 59.0 Å². The van der Waals surface area contributed by atoms with E-state index < -0.39 is 59.9 Å². The fourth-order valence-corrected chi connectivity index (χ4v) is 4.86. The largest absolute Gasteiger partial charge is 0.376 e. The Morgan fingerprint density at radius 1 is 0.812 bits per heavy atom. The summed E-state index contributed by atoms with van der Waals surface area (Å²) in [7, 11) is -7.13. The van der Waals surface area contributed by atoms with Gasteiger partial charge in [0.15, 0.2) is 33.9 Å². The van der Waals surface area contributed by atoms with Crippen LogP contribution in [0.1, 0.15) is 5.69 Å².